The van der Waals surface area contributed by atoms with Crippen LogP contribution in [0.1, 0.15) is 33.1 Å². The number of rotatable bonds is 4. The Hall–Kier alpha value is 0.0400. The van der Waals surface area contributed by atoms with Gasteiger partial charge in [-0.05, 0) is 44.2 Å². The topological polar surface area (TPSA) is 24.1 Å². The van der Waals surface area contributed by atoms with Crippen LogP contribution in [0.4, 0.5) is 0 Å². The lowest BCUT2D eigenvalue weighted by atomic mass is 10.3. The summed E-state index contributed by atoms with van der Waals surface area (Å²) < 4.78 is 0. The normalized spacial score (nSPS) is 26.1. The van der Waals surface area contributed by atoms with Gasteiger partial charge in [0.05, 0.1) is 0 Å². The molecule has 1 rings (SSSR count). The summed E-state index contributed by atoms with van der Waals surface area (Å²) in [7, 11) is 0. The van der Waals surface area contributed by atoms with Gasteiger partial charge in [0.1, 0.15) is 0 Å². The average Bonchev–Trinajstić information content (AvgIpc) is 2.53. The Kier molecular flexibility index (Phi) is 5.63. The minimum atomic E-state index is 0.602. The fraction of sp³-hybridized carbons (Fsp3) is 0.900. The highest BCUT2D eigenvalue weighted by Gasteiger charge is 2.24. The van der Waals surface area contributed by atoms with Crippen molar-refractivity contribution in [3.8, 4) is 0 Å². The molecule has 0 amide bonds. The van der Waals surface area contributed by atoms with Crippen molar-refractivity contribution in [2.75, 3.05) is 12.3 Å². The molecule has 2 unspecified atom stereocenters. The van der Waals surface area contributed by atoms with E-state index in [1.165, 1.54) is 25.0 Å². The molecule has 1 fully saturated rings. The molecule has 0 aromatic rings. The summed E-state index contributed by atoms with van der Waals surface area (Å²) in [6.07, 6.45) is 3.87. The van der Waals surface area contributed by atoms with E-state index in [-0.39, 0.29) is 0 Å². The third-order valence-corrected chi connectivity index (χ3v) is 3.95. The predicted octanol–water partition coefficient (Wildman–Crippen LogP) is 2.14. The molecule has 2 nitrogen and oxygen atoms in total. The van der Waals surface area contributed by atoms with E-state index in [1.807, 2.05) is 0 Å². The molecule has 82 valence electrons. The summed E-state index contributed by atoms with van der Waals surface area (Å²) in [6, 6.07) is 0.602. The third kappa shape index (κ3) is 4.05. The first-order chi connectivity index (χ1) is 6.76. The highest BCUT2D eigenvalue weighted by Crippen LogP contribution is 2.29. The number of hydrogen-bond acceptors (Lipinski definition) is 2. The predicted molar refractivity (Wildman–Crippen MR) is 69.0 cm³/mol. The molecule has 0 bridgehead atoms. The first-order valence-corrected chi connectivity index (χ1v) is 6.87. The molecule has 1 aliphatic rings. The van der Waals surface area contributed by atoms with E-state index in [4.69, 9.17) is 12.2 Å². The molecule has 2 atom stereocenters. The molecule has 0 aromatic heterocycles. The highest BCUT2D eigenvalue weighted by atomic mass is 32.2. The van der Waals surface area contributed by atoms with Gasteiger partial charge < -0.3 is 10.6 Å². The number of nitrogens with one attached hydrogen (secondary N) is 2. The van der Waals surface area contributed by atoms with E-state index in [0.717, 1.165) is 16.9 Å². The van der Waals surface area contributed by atoms with Crippen LogP contribution in [0.2, 0.25) is 0 Å². The summed E-state index contributed by atoms with van der Waals surface area (Å²) >= 11 is 7.24. The van der Waals surface area contributed by atoms with Crippen LogP contribution in [0.5, 0.6) is 0 Å². The zero-order valence-electron chi connectivity index (χ0n) is 9.01. The second-order valence-electron chi connectivity index (χ2n) is 3.59. The number of hydrogen-bond donors (Lipinski definition) is 2. The molecule has 0 saturated heterocycles. The largest absolute Gasteiger partial charge is 0.363 e. The van der Waals surface area contributed by atoms with E-state index in [1.54, 1.807) is 0 Å². The summed E-state index contributed by atoms with van der Waals surface area (Å²) in [5, 5.41) is 8.18. The van der Waals surface area contributed by atoms with Gasteiger partial charge in [-0.15, -0.1) is 0 Å². The Morgan fingerprint density at radius 2 is 2.21 bits per heavy atom. The highest BCUT2D eigenvalue weighted by molar-refractivity contribution is 7.99. The van der Waals surface area contributed by atoms with Crippen molar-refractivity contribution in [3.05, 3.63) is 0 Å². The fourth-order valence-electron chi connectivity index (χ4n) is 1.86. The van der Waals surface area contributed by atoms with Gasteiger partial charge in [-0.3, -0.25) is 0 Å². The molecule has 0 radical (unpaired) electrons. The van der Waals surface area contributed by atoms with Gasteiger partial charge in [0.2, 0.25) is 0 Å². The number of thiocarbonyl (C=S) groups is 1. The van der Waals surface area contributed by atoms with Crippen LogP contribution < -0.4 is 10.6 Å². The van der Waals surface area contributed by atoms with Crippen LogP contribution in [0.15, 0.2) is 0 Å². The second-order valence-corrected chi connectivity index (χ2v) is 5.58. The quantitative estimate of drug-likeness (QED) is 0.725. The standard InChI is InChI=1S/C10H20N2S2/c1-3-11-10(13)12-8-5-6-9(7-8)14-4-2/h8-9H,3-7H2,1-2H3,(H2,11,12,13). The lowest BCUT2D eigenvalue weighted by Crippen LogP contribution is -2.40. The van der Waals surface area contributed by atoms with Crippen LogP contribution in [0, 0.1) is 0 Å². The van der Waals surface area contributed by atoms with Gasteiger partial charge in [0, 0.05) is 17.8 Å². The second kappa shape index (κ2) is 6.51. The van der Waals surface area contributed by atoms with E-state index >= 15 is 0 Å². The SMILES string of the molecule is CCNC(=S)NC1CCC(SCC)C1. The van der Waals surface area contributed by atoms with Gasteiger partial charge in [0.25, 0.3) is 0 Å². The molecule has 0 aliphatic heterocycles. The summed E-state index contributed by atoms with van der Waals surface area (Å²) in [6.45, 7) is 5.21. The lowest BCUT2D eigenvalue weighted by molar-refractivity contribution is 0.624. The molecule has 1 saturated carbocycles. The first-order valence-electron chi connectivity index (χ1n) is 5.42. The molecule has 14 heavy (non-hydrogen) atoms. The van der Waals surface area contributed by atoms with Crippen LogP contribution >= 0.6 is 24.0 Å². The average molecular weight is 232 g/mol. The van der Waals surface area contributed by atoms with E-state index < -0.39 is 0 Å². The van der Waals surface area contributed by atoms with E-state index in [0.29, 0.717) is 6.04 Å². The van der Waals surface area contributed by atoms with Gasteiger partial charge in [0.15, 0.2) is 5.11 Å². The van der Waals surface area contributed by atoms with E-state index in [9.17, 15) is 0 Å². The van der Waals surface area contributed by atoms with Crippen molar-refractivity contribution in [2.45, 2.75) is 44.4 Å². The van der Waals surface area contributed by atoms with Crippen molar-refractivity contribution >= 4 is 29.1 Å². The molecule has 0 aromatic carbocycles. The Bertz CT molecular complexity index is 185. The summed E-state index contributed by atoms with van der Waals surface area (Å²) in [5.41, 5.74) is 0. The fourth-order valence-corrected chi connectivity index (χ4v) is 3.31. The molecular weight excluding hydrogens is 212 g/mol. The zero-order valence-corrected chi connectivity index (χ0v) is 10.6. The van der Waals surface area contributed by atoms with Crippen LogP contribution in [0.3, 0.4) is 0 Å². The molecule has 2 N–H and O–H groups in total. The maximum absolute atomic E-state index is 5.16. The Balaban J connectivity index is 2.18. The molecule has 1 aliphatic carbocycles. The maximum Gasteiger partial charge on any atom is 0.166 e. The Morgan fingerprint density at radius 1 is 1.43 bits per heavy atom. The van der Waals surface area contributed by atoms with Crippen LogP contribution in [-0.4, -0.2) is 28.7 Å². The minimum absolute atomic E-state index is 0.602. The summed E-state index contributed by atoms with van der Waals surface area (Å²) in [4.78, 5) is 0. The van der Waals surface area contributed by atoms with Crippen LogP contribution in [0.25, 0.3) is 0 Å². The van der Waals surface area contributed by atoms with Gasteiger partial charge in [-0.2, -0.15) is 11.8 Å². The van der Waals surface area contributed by atoms with Gasteiger partial charge in [-0.1, -0.05) is 6.92 Å². The first kappa shape index (κ1) is 12.1. The summed E-state index contributed by atoms with van der Waals surface area (Å²) in [5.74, 6) is 1.23. The van der Waals surface area contributed by atoms with Crippen LogP contribution in [-0.2, 0) is 0 Å². The van der Waals surface area contributed by atoms with Gasteiger partial charge >= 0.3 is 0 Å². The Labute approximate surface area is 96.6 Å². The van der Waals surface area contributed by atoms with Crippen molar-refractivity contribution < 1.29 is 0 Å². The Morgan fingerprint density at radius 3 is 2.86 bits per heavy atom. The molecular formula is C10H20N2S2. The van der Waals surface area contributed by atoms with Crippen molar-refractivity contribution in [3.63, 3.8) is 0 Å². The lowest BCUT2D eigenvalue weighted by Gasteiger charge is -2.15. The third-order valence-electron chi connectivity index (χ3n) is 2.46. The van der Waals surface area contributed by atoms with Gasteiger partial charge in [-0.25, -0.2) is 0 Å². The number of thioether (sulfide) groups is 1. The van der Waals surface area contributed by atoms with Crippen molar-refractivity contribution in [1.29, 1.82) is 0 Å². The van der Waals surface area contributed by atoms with Crippen molar-refractivity contribution in [1.82, 2.24) is 10.6 Å². The molecule has 0 heterocycles. The smallest absolute Gasteiger partial charge is 0.166 e. The molecule has 0 spiro atoms. The monoisotopic (exact) mass is 232 g/mol. The maximum atomic E-state index is 5.16. The van der Waals surface area contributed by atoms with E-state index in [2.05, 4.69) is 36.2 Å². The molecule has 4 heteroatoms. The zero-order chi connectivity index (χ0) is 10.4. The minimum Gasteiger partial charge on any atom is -0.363 e. The van der Waals surface area contributed by atoms with Crippen molar-refractivity contribution in [2.24, 2.45) is 0 Å².